The lowest BCUT2D eigenvalue weighted by Gasteiger charge is -2.25. The molecular weight excluding hydrogens is 443 g/mol. The molecule has 1 aromatic carbocycles. The van der Waals surface area contributed by atoms with Gasteiger partial charge in [-0.05, 0) is 29.6 Å². The summed E-state index contributed by atoms with van der Waals surface area (Å²) in [7, 11) is 1.65. The second-order valence-electron chi connectivity index (χ2n) is 5.88. The van der Waals surface area contributed by atoms with Crippen LogP contribution in [0.1, 0.15) is 24.3 Å². The zero-order chi connectivity index (χ0) is 16.9. The van der Waals surface area contributed by atoms with E-state index in [1.54, 1.807) is 18.4 Å². The molecule has 0 aliphatic rings. The van der Waals surface area contributed by atoms with Crippen LogP contribution in [0, 0.1) is 11.6 Å². The maximum Gasteiger partial charge on any atom is 0.191 e. The van der Waals surface area contributed by atoms with E-state index >= 15 is 0 Å². The SMILES string of the molecule is CN=C(NCc1cc(F)ccc1F)NCC(C)(C)c1cccs1.I. The number of thiophene rings is 1. The van der Waals surface area contributed by atoms with Crippen molar-refractivity contribution in [1.82, 2.24) is 10.6 Å². The highest BCUT2D eigenvalue weighted by molar-refractivity contribution is 14.0. The van der Waals surface area contributed by atoms with Crippen LogP contribution < -0.4 is 10.6 Å². The van der Waals surface area contributed by atoms with Gasteiger partial charge in [0.1, 0.15) is 11.6 Å². The minimum absolute atomic E-state index is 0. The fraction of sp³-hybridized carbons (Fsp3) is 0.353. The quantitative estimate of drug-likeness (QED) is 0.393. The van der Waals surface area contributed by atoms with Crippen molar-refractivity contribution in [3.05, 3.63) is 57.8 Å². The molecule has 0 aliphatic heterocycles. The maximum atomic E-state index is 13.6. The average molecular weight is 465 g/mol. The Morgan fingerprint density at radius 2 is 1.96 bits per heavy atom. The molecule has 0 fully saturated rings. The van der Waals surface area contributed by atoms with E-state index in [1.165, 1.54) is 10.9 Å². The summed E-state index contributed by atoms with van der Waals surface area (Å²) in [5.41, 5.74) is 0.223. The van der Waals surface area contributed by atoms with Crippen molar-refractivity contribution in [2.75, 3.05) is 13.6 Å². The third-order valence-corrected chi connectivity index (χ3v) is 4.80. The third kappa shape index (κ3) is 5.70. The van der Waals surface area contributed by atoms with Gasteiger partial charge in [-0.1, -0.05) is 19.9 Å². The Kier molecular flexibility index (Phi) is 8.08. The summed E-state index contributed by atoms with van der Waals surface area (Å²) in [5, 5.41) is 8.29. The van der Waals surface area contributed by atoms with Gasteiger partial charge in [0.15, 0.2) is 5.96 Å². The molecule has 0 aliphatic carbocycles. The summed E-state index contributed by atoms with van der Waals surface area (Å²) in [6.45, 7) is 5.14. The fourth-order valence-electron chi connectivity index (χ4n) is 2.13. The van der Waals surface area contributed by atoms with Crippen molar-refractivity contribution in [3.8, 4) is 0 Å². The first-order chi connectivity index (χ1) is 10.9. The molecule has 1 aromatic heterocycles. The largest absolute Gasteiger partial charge is 0.356 e. The number of hydrogen-bond acceptors (Lipinski definition) is 2. The topological polar surface area (TPSA) is 36.4 Å². The smallest absolute Gasteiger partial charge is 0.191 e. The lowest BCUT2D eigenvalue weighted by atomic mass is 9.91. The van der Waals surface area contributed by atoms with Gasteiger partial charge in [0.2, 0.25) is 0 Å². The summed E-state index contributed by atoms with van der Waals surface area (Å²) in [5.74, 6) is -0.337. The Bertz CT molecular complexity index is 672. The zero-order valence-corrected chi connectivity index (χ0v) is 17.0. The second kappa shape index (κ2) is 9.31. The molecule has 0 radical (unpaired) electrons. The molecule has 1 heterocycles. The molecule has 7 heteroatoms. The predicted molar refractivity (Wildman–Crippen MR) is 107 cm³/mol. The van der Waals surface area contributed by atoms with Crippen LogP contribution in [0.2, 0.25) is 0 Å². The van der Waals surface area contributed by atoms with Crippen LogP contribution in [0.3, 0.4) is 0 Å². The third-order valence-electron chi connectivity index (χ3n) is 3.56. The standard InChI is InChI=1S/C17H21F2N3S.HI/c1-17(2,15-5-4-8-23-15)11-22-16(20-3)21-10-12-9-13(18)6-7-14(12)19;/h4-9H,10-11H2,1-3H3,(H2,20,21,22);1H. The molecule has 0 amide bonds. The average Bonchev–Trinajstić information content (AvgIpc) is 3.06. The number of hydrogen-bond donors (Lipinski definition) is 2. The zero-order valence-electron chi connectivity index (χ0n) is 13.9. The molecule has 132 valence electrons. The van der Waals surface area contributed by atoms with Crippen LogP contribution in [-0.4, -0.2) is 19.6 Å². The number of halogens is 3. The number of benzene rings is 1. The van der Waals surface area contributed by atoms with Crippen molar-refractivity contribution in [1.29, 1.82) is 0 Å². The number of guanidine groups is 1. The van der Waals surface area contributed by atoms with Gasteiger partial charge in [0, 0.05) is 36.0 Å². The number of aliphatic imine (C=N–C) groups is 1. The highest BCUT2D eigenvalue weighted by Crippen LogP contribution is 2.26. The Balaban J connectivity index is 0.00000288. The molecule has 2 rings (SSSR count). The summed E-state index contributed by atoms with van der Waals surface area (Å²) in [6, 6.07) is 7.55. The van der Waals surface area contributed by atoms with E-state index in [9.17, 15) is 8.78 Å². The van der Waals surface area contributed by atoms with E-state index in [0.717, 1.165) is 12.1 Å². The van der Waals surface area contributed by atoms with Crippen LogP contribution in [0.25, 0.3) is 0 Å². The van der Waals surface area contributed by atoms with Crippen molar-refractivity contribution in [2.45, 2.75) is 25.8 Å². The molecule has 0 saturated carbocycles. The van der Waals surface area contributed by atoms with Gasteiger partial charge in [-0.2, -0.15) is 0 Å². The minimum Gasteiger partial charge on any atom is -0.356 e. The first kappa shape index (κ1) is 20.8. The Hall–Kier alpha value is -1.22. The Labute approximate surface area is 162 Å². The highest BCUT2D eigenvalue weighted by atomic mass is 127. The molecule has 0 spiro atoms. The Morgan fingerprint density at radius 3 is 2.58 bits per heavy atom. The van der Waals surface area contributed by atoms with Crippen LogP contribution in [0.15, 0.2) is 40.7 Å². The van der Waals surface area contributed by atoms with Crippen LogP contribution in [0.4, 0.5) is 8.78 Å². The molecule has 2 aromatic rings. The van der Waals surface area contributed by atoms with Crippen molar-refractivity contribution in [2.24, 2.45) is 4.99 Å². The summed E-state index contributed by atoms with van der Waals surface area (Å²) in [4.78, 5) is 5.40. The summed E-state index contributed by atoms with van der Waals surface area (Å²) < 4.78 is 26.8. The van der Waals surface area contributed by atoms with Crippen molar-refractivity contribution >= 4 is 41.3 Å². The minimum atomic E-state index is -0.454. The molecular formula is C17H22F2IN3S. The van der Waals surface area contributed by atoms with Crippen LogP contribution in [0.5, 0.6) is 0 Å². The molecule has 0 unspecified atom stereocenters. The van der Waals surface area contributed by atoms with E-state index in [2.05, 4.69) is 40.9 Å². The van der Waals surface area contributed by atoms with Crippen molar-refractivity contribution < 1.29 is 8.78 Å². The molecule has 0 atom stereocenters. The van der Waals surface area contributed by atoms with Gasteiger partial charge in [0.25, 0.3) is 0 Å². The van der Waals surface area contributed by atoms with E-state index in [-0.39, 0.29) is 41.5 Å². The first-order valence-corrected chi connectivity index (χ1v) is 8.23. The molecule has 24 heavy (non-hydrogen) atoms. The van der Waals surface area contributed by atoms with E-state index in [1.807, 2.05) is 6.07 Å². The summed E-state index contributed by atoms with van der Waals surface area (Å²) in [6.07, 6.45) is 0. The van der Waals surface area contributed by atoms with Crippen LogP contribution in [-0.2, 0) is 12.0 Å². The predicted octanol–water partition coefficient (Wildman–Crippen LogP) is 4.29. The van der Waals surface area contributed by atoms with Gasteiger partial charge in [0.05, 0.1) is 0 Å². The second-order valence-corrected chi connectivity index (χ2v) is 6.82. The number of nitrogens with zero attached hydrogens (tertiary/aromatic N) is 1. The van der Waals surface area contributed by atoms with Gasteiger partial charge in [-0.25, -0.2) is 8.78 Å². The molecule has 0 saturated heterocycles. The first-order valence-electron chi connectivity index (χ1n) is 7.35. The molecule has 2 N–H and O–H groups in total. The molecule has 0 bridgehead atoms. The van der Waals surface area contributed by atoms with E-state index < -0.39 is 11.6 Å². The number of rotatable bonds is 5. The fourth-order valence-corrected chi connectivity index (χ4v) is 2.99. The maximum absolute atomic E-state index is 13.6. The van der Waals surface area contributed by atoms with E-state index in [0.29, 0.717) is 12.5 Å². The normalized spacial score (nSPS) is 11.8. The summed E-state index contributed by atoms with van der Waals surface area (Å²) >= 11 is 1.71. The lowest BCUT2D eigenvalue weighted by Crippen LogP contribution is -2.43. The number of nitrogens with one attached hydrogen (secondary N) is 2. The highest BCUT2D eigenvalue weighted by Gasteiger charge is 2.21. The van der Waals surface area contributed by atoms with Gasteiger partial charge < -0.3 is 10.6 Å². The van der Waals surface area contributed by atoms with Gasteiger partial charge in [-0.15, -0.1) is 35.3 Å². The van der Waals surface area contributed by atoms with Crippen molar-refractivity contribution in [3.63, 3.8) is 0 Å². The van der Waals surface area contributed by atoms with E-state index in [4.69, 9.17) is 0 Å². The monoisotopic (exact) mass is 465 g/mol. The Morgan fingerprint density at radius 1 is 1.21 bits per heavy atom. The lowest BCUT2D eigenvalue weighted by molar-refractivity contribution is 0.517. The molecule has 3 nitrogen and oxygen atoms in total. The van der Waals surface area contributed by atoms with Crippen LogP contribution >= 0.6 is 35.3 Å². The van der Waals surface area contributed by atoms with Gasteiger partial charge in [-0.3, -0.25) is 4.99 Å². The van der Waals surface area contributed by atoms with Gasteiger partial charge >= 0.3 is 0 Å².